The van der Waals surface area contributed by atoms with Crippen molar-refractivity contribution in [2.45, 2.75) is 36.8 Å². The third kappa shape index (κ3) is 1.18. The molecule has 1 spiro atoms. The molecule has 2 aliphatic carbocycles. The molecule has 0 atom stereocenters. The zero-order valence-electron chi connectivity index (χ0n) is 9.85. The van der Waals surface area contributed by atoms with Crippen LogP contribution in [0.25, 0.3) is 0 Å². The summed E-state index contributed by atoms with van der Waals surface area (Å²) in [6.07, 6.45) is 2.53. The first kappa shape index (κ1) is 10.5. The molecule has 4 heteroatoms. The van der Waals surface area contributed by atoms with Crippen molar-refractivity contribution in [1.82, 2.24) is 5.32 Å². The van der Waals surface area contributed by atoms with Crippen molar-refractivity contribution in [3.63, 3.8) is 0 Å². The van der Waals surface area contributed by atoms with Gasteiger partial charge in [0.15, 0.2) is 0 Å². The highest BCUT2D eigenvalue weighted by Crippen LogP contribution is 2.55. The molecule has 1 aromatic carbocycles. The lowest BCUT2D eigenvalue weighted by atomic mass is 9.84. The lowest BCUT2D eigenvalue weighted by molar-refractivity contribution is 0.0935. The van der Waals surface area contributed by atoms with E-state index in [0.29, 0.717) is 30.5 Å². The van der Waals surface area contributed by atoms with Crippen molar-refractivity contribution < 1.29 is 13.6 Å². The smallest absolute Gasteiger partial charge is 0.251 e. The van der Waals surface area contributed by atoms with E-state index in [1.165, 1.54) is 6.07 Å². The van der Waals surface area contributed by atoms with Gasteiger partial charge in [-0.3, -0.25) is 4.79 Å². The second kappa shape index (κ2) is 2.92. The predicted molar refractivity (Wildman–Crippen MR) is 61.7 cm³/mol. The van der Waals surface area contributed by atoms with Crippen molar-refractivity contribution in [3.8, 4) is 0 Å². The lowest BCUT2D eigenvalue weighted by Crippen LogP contribution is -2.40. The molecule has 2 fully saturated rings. The highest BCUT2D eigenvalue weighted by Gasteiger charge is 2.54. The van der Waals surface area contributed by atoms with Crippen LogP contribution in [-0.4, -0.2) is 12.5 Å². The number of fused-ring (bicyclic) bond motifs is 2. The van der Waals surface area contributed by atoms with Gasteiger partial charge in [0, 0.05) is 28.7 Å². The second-order valence-electron chi connectivity index (χ2n) is 5.78. The van der Waals surface area contributed by atoms with Crippen molar-refractivity contribution in [2.24, 2.45) is 0 Å². The van der Waals surface area contributed by atoms with Gasteiger partial charge in [0.2, 0.25) is 0 Å². The van der Waals surface area contributed by atoms with E-state index >= 15 is 0 Å². The van der Waals surface area contributed by atoms with Crippen LogP contribution in [0.15, 0.2) is 12.1 Å². The molecule has 0 aromatic heterocycles. The summed E-state index contributed by atoms with van der Waals surface area (Å²) in [6, 6.07) is 3.03. The standard InChI is InChI=1S/C14H13F2NO/c15-11-9(14(16)5-6-14)2-1-8-10(11)13(3-4-13)7-17-12(8)18/h1-2H,3-7H2,(H,17,18). The molecule has 0 unspecified atom stereocenters. The number of alkyl halides is 1. The molecule has 94 valence electrons. The predicted octanol–water partition coefficient (Wildman–Crippen LogP) is 2.56. The Labute approximate surface area is 103 Å². The van der Waals surface area contributed by atoms with Gasteiger partial charge in [-0.2, -0.15) is 0 Å². The summed E-state index contributed by atoms with van der Waals surface area (Å²) in [7, 11) is 0. The fourth-order valence-corrected chi connectivity index (χ4v) is 3.02. The Bertz CT molecular complexity index is 573. The maximum Gasteiger partial charge on any atom is 0.251 e. The van der Waals surface area contributed by atoms with E-state index in [1.54, 1.807) is 6.07 Å². The van der Waals surface area contributed by atoms with Crippen LogP contribution in [-0.2, 0) is 11.1 Å². The molecule has 1 aliphatic heterocycles. The van der Waals surface area contributed by atoms with Gasteiger partial charge in [0.05, 0.1) is 0 Å². The quantitative estimate of drug-likeness (QED) is 0.814. The van der Waals surface area contributed by atoms with Crippen LogP contribution < -0.4 is 5.32 Å². The van der Waals surface area contributed by atoms with Crippen molar-refractivity contribution in [1.29, 1.82) is 0 Å². The number of amides is 1. The van der Waals surface area contributed by atoms with Crippen LogP contribution in [0.3, 0.4) is 0 Å². The molecular weight excluding hydrogens is 236 g/mol. The van der Waals surface area contributed by atoms with Gasteiger partial charge >= 0.3 is 0 Å². The van der Waals surface area contributed by atoms with Gasteiger partial charge in [-0.25, -0.2) is 8.78 Å². The molecular formula is C14H13F2NO. The minimum Gasteiger partial charge on any atom is -0.351 e. The van der Waals surface area contributed by atoms with E-state index in [0.717, 1.165) is 12.8 Å². The molecule has 0 saturated heterocycles. The fourth-order valence-electron chi connectivity index (χ4n) is 3.02. The maximum atomic E-state index is 14.6. The Morgan fingerprint density at radius 1 is 1.17 bits per heavy atom. The number of hydrogen-bond donors (Lipinski definition) is 1. The van der Waals surface area contributed by atoms with E-state index in [-0.39, 0.29) is 16.9 Å². The van der Waals surface area contributed by atoms with E-state index in [4.69, 9.17) is 0 Å². The molecule has 1 amide bonds. The fraction of sp³-hybridized carbons (Fsp3) is 0.500. The third-order valence-electron chi connectivity index (χ3n) is 4.53. The summed E-state index contributed by atoms with van der Waals surface area (Å²) in [5.41, 5.74) is -0.725. The number of carbonyl (C=O) groups excluding carboxylic acids is 1. The first-order valence-electron chi connectivity index (χ1n) is 6.36. The SMILES string of the molecule is O=C1NCC2(CC2)c2c1ccc(C1(F)CC1)c2F. The van der Waals surface area contributed by atoms with Crippen molar-refractivity contribution in [3.05, 3.63) is 34.6 Å². The van der Waals surface area contributed by atoms with Crippen LogP contribution in [0.5, 0.6) is 0 Å². The van der Waals surface area contributed by atoms with Crippen LogP contribution in [0.1, 0.15) is 47.2 Å². The summed E-state index contributed by atoms with van der Waals surface area (Å²) < 4.78 is 28.7. The lowest BCUT2D eigenvalue weighted by Gasteiger charge is -2.27. The van der Waals surface area contributed by atoms with Crippen LogP contribution in [0.4, 0.5) is 8.78 Å². The first-order chi connectivity index (χ1) is 8.56. The molecule has 0 radical (unpaired) electrons. The molecule has 4 rings (SSSR count). The molecule has 1 aromatic rings. The average Bonchev–Trinajstić information content (AvgIpc) is 3.24. The Balaban J connectivity index is 1.96. The summed E-state index contributed by atoms with van der Waals surface area (Å²) in [5, 5.41) is 2.79. The first-order valence-corrected chi connectivity index (χ1v) is 6.36. The van der Waals surface area contributed by atoms with Gasteiger partial charge in [0.25, 0.3) is 5.91 Å². The molecule has 2 saturated carbocycles. The van der Waals surface area contributed by atoms with E-state index < -0.39 is 11.5 Å². The Hall–Kier alpha value is -1.45. The zero-order valence-corrected chi connectivity index (χ0v) is 9.85. The largest absolute Gasteiger partial charge is 0.351 e. The molecule has 18 heavy (non-hydrogen) atoms. The molecule has 0 bridgehead atoms. The number of halogens is 2. The monoisotopic (exact) mass is 249 g/mol. The highest BCUT2D eigenvalue weighted by atomic mass is 19.2. The number of nitrogens with one attached hydrogen (secondary N) is 1. The highest BCUT2D eigenvalue weighted by molar-refractivity contribution is 5.98. The van der Waals surface area contributed by atoms with Gasteiger partial charge in [-0.1, -0.05) is 6.07 Å². The van der Waals surface area contributed by atoms with Crippen molar-refractivity contribution >= 4 is 5.91 Å². The van der Waals surface area contributed by atoms with Gasteiger partial charge in [-0.15, -0.1) is 0 Å². The maximum absolute atomic E-state index is 14.6. The minimum absolute atomic E-state index is 0.155. The van der Waals surface area contributed by atoms with Gasteiger partial charge in [-0.05, 0) is 31.7 Å². The van der Waals surface area contributed by atoms with E-state index in [1.807, 2.05) is 0 Å². The van der Waals surface area contributed by atoms with E-state index in [9.17, 15) is 13.6 Å². The number of benzene rings is 1. The minimum atomic E-state index is -1.48. The number of rotatable bonds is 1. The Morgan fingerprint density at radius 3 is 2.50 bits per heavy atom. The Kier molecular flexibility index (Phi) is 1.70. The van der Waals surface area contributed by atoms with Crippen LogP contribution in [0.2, 0.25) is 0 Å². The van der Waals surface area contributed by atoms with E-state index in [2.05, 4.69) is 5.32 Å². The number of carbonyl (C=O) groups is 1. The summed E-state index contributed by atoms with van der Waals surface area (Å²) in [5.74, 6) is -0.712. The summed E-state index contributed by atoms with van der Waals surface area (Å²) in [4.78, 5) is 11.8. The molecule has 2 nitrogen and oxygen atoms in total. The topological polar surface area (TPSA) is 29.1 Å². The van der Waals surface area contributed by atoms with Gasteiger partial charge < -0.3 is 5.32 Å². The normalized spacial score (nSPS) is 25.6. The number of hydrogen-bond acceptors (Lipinski definition) is 1. The molecule has 1 N–H and O–H groups in total. The Morgan fingerprint density at radius 2 is 1.89 bits per heavy atom. The van der Waals surface area contributed by atoms with Gasteiger partial charge in [0.1, 0.15) is 11.5 Å². The average molecular weight is 249 g/mol. The van der Waals surface area contributed by atoms with Crippen LogP contribution >= 0.6 is 0 Å². The molecule has 3 aliphatic rings. The summed E-state index contributed by atoms with van der Waals surface area (Å²) in [6.45, 7) is 0.485. The second-order valence-corrected chi connectivity index (χ2v) is 5.78. The zero-order chi connectivity index (χ0) is 12.5. The van der Waals surface area contributed by atoms with Crippen molar-refractivity contribution in [2.75, 3.05) is 6.54 Å². The van der Waals surface area contributed by atoms with Crippen LogP contribution in [0, 0.1) is 5.82 Å². The third-order valence-corrected chi connectivity index (χ3v) is 4.53. The summed E-state index contributed by atoms with van der Waals surface area (Å²) >= 11 is 0. The molecule has 1 heterocycles.